The maximum atomic E-state index is 11.8. The van der Waals surface area contributed by atoms with Crippen LogP contribution in [0.2, 0.25) is 0 Å². The number of nitrogens with one attached hydrogen (secondary N) is 1. The van der Waals surface area contributed by atoms with Crippen molar-refractivity contribution in [3.8, 4) is 0 Å². The number of carbonyl (C=O) groups is 1. The minimum absolute atomic E-state index is 0.0313. The second kappa shape index (κ2) is 7.35. The first-order valence-corrected chi connectivity index (χ1v) is 9.69. The third kappa shape index (κ3) is 4.71. The van der Waals surface area contributed by atoms with E-state index in [0.717, 1.165) is 19.3 Å². The molecule has 1 aliphatic rings. The van der Waals surface area contributed by atoms with Crippen LogP contribution in [0.5, 0.6) is 0 Å². The minimum Gasteiger partial charge on any atom is -0.354 e. The Hall–Kier alpha value is -1.54. The highest BCUT2D eigenvalue weighted by Crippen LogP contribution is 2.22. The molecule has 8 heteroatoms. The number of Topliss-reactive ketones (excluding diaryl/α,β-unsaturated/α-hetero) is 1. The molecule has 128 valence electrons. The molecule has 0 aromatic carbocycles. The fourth-order valence-electron chi connectivity index (χ4n) is 2.95. The van der Waals surface area contributed by atoms with Crippen molar-refractivity contribution in [1.82, 2.24) is 14.3 Å². The summed E-state index contributed by atoms with van der Waals surface area (Å²) in [6.07, 6.45) is 6.37. The fourth-order valence-corrected chi connectivity index (χ4v) is 4.16. The van der Waals surface area contributed by atoms with Crippen LogP contribution in [-0.4, -0.2) is 53.9 Å². The molecule has 1 atom stereocenters. The summed E-state index contributed by atoms with van der Waals surface area (Å²) in [6, 6.07) is 0.0313. The zero-order valence-corrected chi connectivity index (χ0v) is 14.7. The SMILES string of the molecule is CC(=O)c1cnc(NCC[C@@H]2CCCCN2S(C)(=O)=O)nc1C. The van der Waals surface area contributed by atoms with Crippen LogP contribution in [0.4, 0.5) is 5.95 Å². The maximum Gasteiger partial charge on any atom is 0.222 e. The van der Waals surface area contributed by atoms with Crippen LogP contribution in [-0.2, 0) is 10.0 Å². The minimum atomic E-state index is -3.16. The first-order chi connectivity index (χ1) is 10.8. The van der Waals surface area contributed by atoms with Gasteiger partial charge in [0.05, 0.1) is 17.5 Å². The lowest BCUT2D eigenvalue weighted by Gasteiger charge is -2.33. The first-order valence-electron chi connectivity index (χ1n) is 7.84. The molecule has 7 nitrogen and oxygen atoms in total. The number of aromatic nitrogens is 2. The van der Waals surface area contributed by atoms with E-state index in [1.807, 2.05) is 0 Å². The van der Waals surface area contributed by atoms with Crippen LogP contribution in [0.3, 0.4) is 0 Å². The summed E-state index contributed by atoms with van der Waals surface area (Å²) in [6.45, 7) is 4.46. The molecule has 0 saturated carbocycles. The molecule has 23 heavy (non-hydrogen) atoms. The fraction of sp³-hybridized carbons (Fsp3) is 0.667. The summed E-state index contributed by atoms with van der Waals surface area (Å²) in [5.41, 5.74) is 1.16. The van der Waals surface area contributed by atoms with Gasteiger partial charge in [0.25, 0.3) is 0 Å². The third-order valence-electron chi connectivity index (χ3n) is 4.12. The molecule has 1 saturated heterocycles. The highest BCUT2D eigenvalue weighted by Gasteiger charge is 2.28. The molecule has 2 rings (SSSR count). The van der Waals surface area contributed by atoms with Gasteiger partial charge in [0, 0.05) is 25.3 Å². The molecule has 1 N–H and O–H groups in total. The molecule has 1 aliphatic heterocycles. The highest BCUT2D eigenvalue weighted by molar-refractivity contribution is 7.88. The Kier molecular flexibility index (Phi) is 5.69. The Labute approximate surface area is 137 Å². The van der Waals surface area contributed by atoms with E-state index < -0.39 is 10.0 Å². The van der Waals surface area contributed by atoms with E-state index in [-0.39, 0.29) is 11.8 Å². The van der Waals surface area contributed by atoms with E-state index >= 15 is 0 Å². The zero-order valence-electron chi connectivity index (χ0n) is 13.9. The normalized spacial score (nSPS) is 19.5. The number of ketones is 1. The van der Waals surface area contributed by atoms with Crippen molar-refractivity contribution in [2.75, 3.05) is 24.7 Å². The second-order valence-corrected chi connectivity index (χ2v) is 7.92. The number of carbonyl (C=O) groups excluding carboxylic acids is 1. The molecule has 0 bridgehead atoms. The van der Waals surface area contributed by atoms with Gasteiger partial charge in [-0.15, -0.1) is 0 Å². The number of hydrogen-bond acceptors (Lipinski definition) is 6. The van der Waals surface area contributed by atoms with Crippen LogP contribution in [0.15, 0.2) is 6.20 Å². The number of piperidine rings is 1. The number of nitrogens with zero attached hydrogens (tertiary/aromatic N) is 3. The molecule has 0 radical (unpaired) electrons. The number of sulfonamides is 1. The summed E-state index contributed by atoms with van der Waals surface area (Å²) in [7, 11) is -3.16. The van der Waals surface area contributed by atoms with Crippen LogP contribution in [0.25, 0.3) is 0 Å². The van der Waals surface area contributed by atoms with Gasteiger partial charge in [-0.2, -0.15) is 4.31 Å². The maximum absolute atomic E-state index is 11.8. The Morgan fingerprint density at radius 2 is 2.17 bits per heavy atom. The molecule has 1 aromatic rings. The van der Waals surface area contributed by atoms with Crippen LogP contribution in [0.1, 0.15) is 48.7 Å². The smallest absolute Gasteiger partial charge is 0.222 e. The van der Waals surface area contributed by atoms with Crippen molar-refractivity contribution < 1.29 is 13.2 Å². The van der Waals surface area contributed by atoms with Crippen LogP contribution >= 0.6 is 0 Å². The molecule has 0 amide bonds. The van der Waals surface area contributed by atoms with Gasteiger partial charge in [0.15, 0.2) is 5.78 Å². The van der Waals surface area contributed by atoms with E-state index in [1.165, 1.54) is 19.4 Å². The predicted molar refractivity (Wildman–Crippen MR) is 89.1 cm³/mol. The van der Waals surface area contributed by atoms with Crippen LogP contribution < -0.4 is 5.32 Å². The Morgan fingerprint density at radius 3 is 2.78 bits per heavy atom. The zero-order chi connectivity index (χ0) is 17.0. The standard InChI is InChI=1S/C15H24N4O3S/c1-11-14(12(2)20)10-17-15(18-11)16-8-7-13-6-4-5-9-19(13)23(3,21)22/h10,13H,4-9H2,1-3H3,(H,16,17,18)/t13-/m0/s1. The molecule has 1 aromatic heterocycles. The second-order valence-electron chi connectivity index (χ2n) is 5.99. The molecule has 1 fully saturated rings. The topological polar surface area (TPSA) is 92.3 Å². The largest absolute Gasteiger partial charge is 0.354 e. The molecule has 0 spiro atoms. The molecule has 2 heterocycles. The van der Waals surface area contributed by atoms with Gasteiger partial charge in [0.2, 0.25) is 16.0 Å². The van der Waals surface area contributed by atoms with Crippen molar-refractivity contribution in [2.45, 2.75) is 45.6 Å². The summed E-state index contributed by atoms with van der Waals surface area (Å²) in [5.74, 6) is 0.411. The van der Waals surface area contributed by atoms with Gasteiger partial charge in [-0.25, -0.2) is 18.4 Å². The summed E-state index contributed by atoms with van der Waals surface area (Å²) < 4.78 is 25.2. The Bertz CT molecular complexity index is 675. The van der Waals surface area contributed by atoms with Gasteiger partial charge in [0.1, 0.15) is 0 Å². The number of hydrogen-bond donors (Lipinski definition) is 1. The van der Waals surface area contributed by atoms with Crippen molar-refractivity contribution in [3.63, 3.8) is 0 Å². The van der Waals surface area contributed by atoms with E-state index in [2.05, 4.69) is 15.3 Å². The summed E-state index contributed by atoms with van der Waals surface area (Å²) in [5, 5.41) is 3.12. The Morgan fingerprint density at radius 1 is 1.43 bits per heavy atom. The van der Waals surface area contributed by atoms with Crippen molar-refractivity contribution in [3.05, 3.63) is 17.5 Å². The van der Waals surface area contributed by atoms with E-state index in [4.69, 9.17) is 0 Å². The van der Waals surface area contributed by atoms with Gasteiger partial charge in [-0.05, 0) is 33.1 Å². The van der Waals surface area contributed by atoms with E-state index in [9.17, 15) is 13.2 Å². The number of rotatable bonds is 6. The lowest BCUT2D eigenvalue weighted by molar-refractivity contribution is 0.101. The van der Waals surface area contributed by atoms with E-state index in [1.54, 1.807) is 11.2 Å². The molecule has 0 aliphatic carbocycles. The molecular weight excluding hydrogens is 316 g/mol. The predicted octanol–water partition coefficient (Wildman–Crippen LogP) is 1.60. The van der Waals surface area contributed by atoms with Crippen molar-refractivity contribution in [2.24, 2.45) is 0 Å². The van der Waals surface area contributed by atoms with Gasteiger partial charge in [-0.1, -0.05) is 6.42 Å². The number of anilines is 1. The lowest BCUT2D eigenvalue weighted by Crippen LogP contribution is -2.43. The summed E-state index contributed by atoms with van der Waals surface area (Å²) in [4.78, 5) is 19.8. The highest BCUT2D eigenvalue weighted by atomic mass is 32.2. The van der Waals surface area contributed by atoms with Gasteiger partial charge < -0.3 is 5.32 Å². The van der Waals surface area contributed by atoms with Gasteiger partial charge >= 0.3 is 0 Å². The molecular formula is C15H24N4O3S. The van der Waals surface area contributed by atoms with E-state index in [0.29, 0.717) is 36.7 Å². The first kappa shape index (κ1) is 17.8. The number of aryl methyl sites for hydroxylation is 1. The van der Waals surface area contributed by atoms with Crippen molar-refractivity contribution in [1.29, 1.82) is 0 Å². The average Bonchev–Trinajstić information content (AvgIpc) is 2.46. The lowest BCUT2D eigenvalue weighted by atomic mass is 10.0. The van der Waals surface area contributed by atoms with Crippen LogP contribution in [0, 0.1) is 6.92 Å². The van der Waals surface area contributed by atoms with Crippen molar-refractivity contribution >= 4 is 21.8 Å². The quantitative estimate of drug-likeness (QED) is 0.791. The average molecular weight is 340 g/mol. The third-order valence-corrected chi connectivity index (χ3v) is 5.45. The van der Waals surface area contributed by atoms with Gasteiger partial charge in [-0.3, -0.25) is 4.79 Å². The summed E-state index contributed by atoms with van der Waals surface area (Å²) >= 11 is 0. The molecule has 0 unspecified atom stereocenters. The Balaban J connectivity index is 1.93. The monoisotopic (exact) mass is 340 g/mol.